The van der Waals surface area contributed by atoms with Crippen molar-refractivity contribution in [2.75, 3.05) is 26.7 Å². The Morgan fingerprint density at radius 2 is 1.96 bits per heavy atom. The van der Waals surface area contributed by atoms with Gasteiger partial charge in [0.05, 0.1) is 12.5 Å². The molecule has 128 valence electrons. The van der Waals surface area contributed by atoms with Gasteiger partial charge in [-0.25, -0.2) is 0 Å². The number of unbranched alkanes of at least 4 members (excludes halogenated alkanes) is 1. The minimum atomic E-state index is 0.155. The summed E-state index contributed by atoms with van der Waals surface area (Å²) in [6, 6.07) is 8.34. The molecule has 1 aromatic rings. The van der Waals surface area contributed by atoms with E-state index in [2.05, 4.69) is 36.2 Å². The number of amides is 1. The first-order chi connectivity index (χ1) is 11.1. The Labute approximate surface area is 140 Å². The number of carbonyl (C=O) groups excluding carboxylic acids is 1. The first kappa shape index (κ1) is 17.8. The van der Waals surface area contributed by atoms with Gasteiger partial charge in [0.1, 0.15) is 5.75 Å². The van der Waals surface area contributed by atoms with Gasteiger partial charge in [-0.3, -0.25) is 9.69 Å². The van der Waals surface area contributed by atoms with Gasteiger partial charge in [0.2, 0.25) is 5.91 Å². The lowest BCUT2D eigenvalue weighted by atomic mass is 9.98. The van der Waals surface area contributed by atoms with Crippen LogP contribution in [-0.4, -0.2) is 37.6 Å². The van der Waals surface area contributed by atoms with Crippen LogP contribution in [0, 0.1) is 11.8 Å². The molecule has 1 N–H and O–H groups in total. The van der Waals surface area contributed by atoms with Gasteiger partial charge in [0.25, 0.3) is 0 Å². The van der Waals surface area contributed by atoms with E-state index in [0.29, 0.717) is 0 Å². The number of ether oxygens (including phenoxy) is 1. The summed E-state index contributed by atoms with van der Waals surface area (Å²) in [5.41, 5.74) is 1.27. The molecule has 1 amide bonds. The summed E-state index contributed by atoms with van der Waals surface area (Å²) in [4.78, 5) is 13.8. The van der Waals surface area contributed by atoms with Crippen molar-refractivity contribution in [1.82, 2.24) is 10.2 Å². The van der Waals surface area contributed by atoms with Gasteiger partial charge in [-0.1, -0.05) is 32.4 Å². The maximum Gasteiger partial charge on any atom is 0.225 e. The zero-order valence-corrected chi connectivity index (χ0v) is 14.7. The number of rotatable bonds is 9. The largest absolute Gasteiger partial charge is 0.494 e. The van der Waals surface area contributed by atoms with Gasteiger partial charge in [0, 0.05) is 26.7 Å². The predicted octanol–water partition coefficient (Wildman–Crippen LogP) is 3.07. The SMILES string of the molecule is CNC(=O)C1CN(Cc2ccc(OCCCCC(C)C)cc2)C1. The molecule has 0 atom stereocenters. The Morgan fingerprint density at radius 1 is 1.26 bits per heavy atom. The third kappa shape index (κ3) is 5.87. The molecule has 1 aromatic carbocycles. The van der Waals surface area contributed by atoms with Crippen molar-refractivity contribution in [3.05, 3.63) is 29.8 Å². The molecule has 0 spiro atoms. The van der Waals surface area contributed by atoms with Crippen LogP contribution in [0.15, 0.2) is 24.3 Å². The molecule has 1 fully saturated rings. The number of nitrogens with one attached hydrogen (secondary N) is 1. The number of hydrogen-bond acceptors (Lipinski definition) is 3. The van der Waals surface area contributed by atoms with Crippen molar-refractivity contribution in [3.8, 4) is 5.75 Å². The van der Waals surface area contributed by atoms with Gasteiger partial charge in [-0.15, -0.1) is 0 Å². The van der Waals surface area contributed by atoms with Crippen molar-refractivity contribution >= 4 is 5.91 Å². The number of carbonyl (C=O) groups is 1. The van der Waals surface area contributed by atoms with Crippen LogP contribution in [0.3, 0.4) is 0 Å². The van der Waals surface area contributed by atoms with Gasteiger partial charge >= 0.3 is 0 Å². The molecule has 23 heavy (non-hydrogen) atoms. The van der Waals surface area contributed by atoms with E-state index in [0.717, 1.165) is 44.3 Å². The second-order valence-electron chi connectivity index (χ2n) is 6.89. The summed E-state index contributed by atoms with van der Waals surface area (Å²) >= 11 is 0. The van der Waals surface area contributed by atoms with Crippen molar-refractivity contribution < 1.29 is 9.53 Å². The van der Waals surface area contributed by atoms with Crippen LogP contribution in [-0.2, 0) is 11.3 Å². The molecular weight excluding hydrogens is 288 g/mol. The van der Waals surface area contributed by atoms with Crippen LogP contribution in [0.4, 0.5) is 0 Å². The lowest BCUT2D eigenvalue weighted by Crippen LogP contribution is -2.52. The molecule has 1 heterocycles. The molecule has 0 radical (unpaired) electrons. The Morgan fingerprint density at radius 3 is 2.57 bits per heavy atom. The molecule has 0 saturated carbocycles. The van der Waals surface area contributed by atoms with E-state index >= 15 is 0 Å². The highest BCUT2D eigenvalue weighted by Gasteiger charge is 2.31. The lowest BCUT2D eigenvalue weighted by Gasteiger charge is -2.38. The minimum absolute atomic E-state index is 0.155. The van der Waals surface area contributed by atoms with E-state index in [4.69, 9.17) is 4.74 Å². The summed E-state index contributed by atoms with van der Waals surface area (Å²) in [6.07, 6.45) is 3.63. The highest BCUT2D eigenvalue weighted by Crippen LogP contribution is 2.20. The van der Waals surface area contributed by atoms with Crippen molar-refractivity contribution in [1.29, 1.82) is 0 Å². The smallest absolute Gasteiger partial charge is 0.225 e. The topological polar surface area (TPSA) is 41.6 Å². The average molecular weight is 318 g/mol. The molecule has 0 aromatic heterocycles. The van der Waals surface area contributed by atoms with E-state index in [1.807, 2.05) is 12.1 Å². The van der Waals surface area contributed by atoms with Crippen LogP contribution in [0.2, 0.25) is 0 Å². The predicted molar refractivity (Wildman–Crippen MR) is 93.5 cm³/mol. The summed E-state index contributed by atoms with van der Waals surface area (Å²) in [7, 11) is 1.70. The third-order valence-corrected chi connectivity index (χ3v) is 4.35. The quantitative estimate of drug-likeness (QED) is 0.712. The normalized spacial score (nSPS) is 15.5. The van der Waals surface area contributed by atoms with Crippen molar-refractivity contribution in [3.63, 3.8) is 0 Å². The first-order valence-electron chi connectivity index (χ1n) is 8.74. The van der Waals surface area contributed by atoms with E-state index in [-0.39, 0.29) is 11.8 Å². The Hall–Kier alpha value is -1.55. The number of nitrogens with zero attached hydrogens (tertiary/aromatic N) is 1. The fraction of sp³-hybridized carbons (Fsp3) is 0.632. The second-order valence-corrected chi connectivity index (χ2v) is 6.89. The molecule has 0 bridgehead atoms. The zero-order valence-electron chi connectivity index (χ0n) is 14.7. The fourth-order valence-electron chi connectivity index (χ4n) is 2.86. The molecular formula is C19H30N2O2. The first-order valence-corrected chi connectivity index (χ1v) is 8.74. The zero-order chi connectivity index (χ0) is 16.7. The molecule has 2 rings (SSSR count). The van der Waals surface area contributed by atoms with Crippen molar-refractivity contribution in [2.45, 2.75) is 39.7 Å². The van der Waals surface area contributed by atoms with Gasteiger partial charge < -0.3 is 10.1 Å². The van der Waals surface area contributed by atoms with Crippen LogP contribution in [0.5, 0.6) is 5.75 Å². The maximum atomic E-state index is 11.5. The Kier molecular flexibility index (Phi) is 6.90. The molecule has 4 heteroatoms. The van der Waals surface area contributed by atoms with Crippen LogP contribution >= 0.6 is 0 Å². The monoisotopic (exact) mass is 318 g/mol. The lowest BCUT2D eigenvalue weighted by molar-refractivity contribution is -0.129. The molecule has 4 nitrogen and oxygen atoms in total. The van der Waals surface area contributed by atoms with Crippen LogP contribution in [0.25, 0.3) is 0 Å². The second kappa shape index (κ2) is 8.92. The van der Waals surface area contributed by atoms with E-state index < -0.39 is 0 Å². The summed E-state index contributed by atoms with van der Waals surface area (Å²) < 4.78 is 5.78. The average Bonchev–Trinajstić information content (AvgIpc) is 2.50. The van der Waals surface area contributed by atoms with Gasteiger partial charge in [-0.05, 0) is 36.5 Å². The van der Waals surface area contributed by atoms with Crippen LogP contribution < -0.4 is 10.1 Å². The highest BCUT2D eigenvalue weighted by molar-refractivity contribution is 5.79. The van der Waals surface area contributed by atoms with Crippen LogP contribution in [0.1, 0.15) is 38.7 Å². The fourth-order valence-corrected chi connectivity index (χ4v) is 2.86. The molecule has 0 unspecified atom stereocenters. The Bertz CT molecular complexity index is 479. The molecule has 1 aliphatic heterocycles. The highest BCUT2D eigenvalue weighted by atomic mass is 16.5. The summed E-state index contributed by atoms with van der Waals surface area (Å²) in [5, 5.41) is 2.71. The molecule has 1 saturated heterocycles. The van der Waals surface area contributed by atoms with E-state index in [1.165, 1.54) is 18.4 Å². The maximum absolute atomic E-state index is 11.5. The van der Waals surface area contributed by atoms with E-state index in [9.17, 15) is 4.79 Å². The van der Waals surface area contributed by atoms with Gasteiger partial charge in [0.15, 0.2) is 0 Å². The van der Waals surface area contributed by atoms with Gasteiger partial charge in [-0.2, -0.15) is 0 Å². The number of benzene rings is 1. The third-order valence-electron chi connectivity index (χ3n) is 4.35. The standard InChI is InChI=1S/C19H30N2O2/c1-15(2)6-4-5-11-23-18-9-7-16(8-10-18)12-21-13-17(14-21)19(22)20-3/h7-10,15,17H,4-6,11-14H2,1-3H3,(H,20,22). The summed E-state index contributed by atoms with van der Waals surface area (Å²) in [6.45, 7) is 7.93. The number of hydrogen-bond donors (Lipinski definition) is 1. The molecule has 1 aliphatic rings. The Balaban J connectivity index is 1.64. The van der Waals surface area contributed by atoms with Crippen molar-refractivity contribution in [2.24, 2.45) is 11.8 Å². The number of likely N-dealkylation sites (tertiary alicyclic amines) is 1. The van der Waals surface area contributed by atoms with E-state index in [1.54, 1.807) is 7.05 Å². The summed E-state index contributed by atoms with van der Waals surface area (Å²) in [5.74, 6) is 2.04. The minimum Gasteiger partial charge on any atom is -0.494 e. The molecule has 0 aliphatic carbocycles.